The number of hydrogen-bond acceptors (Lipinski definition) is 4. The maximum absolute atomic E-state index is 9.86. The van der Waals surface area contributed by atoms with Crippen molar-refractivity contribution >= 4 is 17.3 Å². The molecule has 1 heterocycles. The van der Waals surface area contributed by atoms with E-state index in [1.165, 1.54) is 0 Å². The number of para-hydroxylation sites is 1. The van der Waals surface area contributed by atoms with Crippen molar-refractivity contribution in [2.24, 2.45) is 0 Å². The summed E-state index contributed by atoms with van der Waals surface area (Å²) in [4.78, 5) is 0. The van der Waals surface area contributed by atoms with Crippen LogP contribution in [0.5, 0.6) is 0 Å². The van der Waals surface area contributed by atoms with Gasteiger partial charge in [-0.1, -0.05) is 23.7 Å². The SMILES string of the molecule is Cc1cccc(Cl)c1NCC(O)COCc1ccco1. The summed E-state index contributed by atoms with van der Waals surface area (Å²) >= 11 is 6.10. The molecular formula is C15H18ClNO3. The van der Waals surface area contributed by atoms with Crippen molar-refractivity contribution in [3.63, 3.8) is 0 Å². The van der Waals surface area contributed by atoms with Crippen LogP contribution in [0.4, 0.5) is 5.69 Å². The van der Waals surface area contributed by atoms with Crippen molar-refractivity contribution in [3.8, 4) is 0 Å². The first-order valence-electron chi connectivity index (χ1n) is 6.44. The van der Waals surface area contributed by atoms with Gasteiger partial charge >= 0.3 is 0 Å². The standard InChI is InChI=1S/C15H18ClNO3/c1-11-4-2-6-14(16)15(11)17-8-12(18)9-19-10-13-5-3-7-20-13/h2-7,12,17-18H,8-10H2,1H3. The summed E-state index contributed by atoms with van der Waals surface area (Å²) in [6.45, 7) is 2.93. The van der Waals surface area contributed by atoms with Gasteiger partial charge in [-0.15, -0.1) is 0 Å². The Hall–Kier alpha value is -1.49. The highest BCUT2D eigenvalue weighted by Gasteiger charge is 2.08. The van der Waals surface area contributed by atoms with Gasteiger partial charge in [0.05, 0.1) is 29.7 Å². The van der Waals surface area contributed by atoms with Gasteiger partial charge in [-0.2, -0.15) is 0 Å². The lowest BCUT2D eigenvalue weighted by Crippen LogP contribution is -2.25. The smallest absolute Gasteiger partial charge is 0.129 e. The zero-order chi connectivity index (χ0) is 14.4. The Morgan fingerprint density at radius 2 is 2.20 bits per heavy atom. The Bertz CT molecular complexity index is 508. The van der Waals surface area contributed by atoms with E-state index in [0.29, 0.717) is 18.2 Å². The second-order valence-corrected chi connectivity index (χ2v) is 4.97. The summed E-state index contributed by atoms with van der Waals surface area (Å²) < 4.78 is 10.5. The lowest BCUT2D eigenvalue weighted by Gasteiger charge is -2.15. The monoisotopic (exact) mass is 295 g/mol. The largest absolute Gasteiger partial charge is 0.467 e. The number of halogens is 1. The first-order chi connectivity index (χ1) is 9.66. The van der Waals surface area contributed by atoms with Gasteiger partial charge in [-0.05, 0) is 30.7 Å². The Morgan fingerprint density at radius 3 is 2.90 bits per heavy atom. The fourth-order valence-electron chi connectivity index (χ4n) is 1.82. The van der Waals surface area contributed by atoms with Crippen molar-refractivity contribution in [1.29, 1.82) is 0 Å². The summed E-state index contributed by atoms with van der Waals surface area (Å²) in [5.74, 6) is 0.743. The predicted octanol–water partition coefficient (Wildman–Crippen LogP) is 3.23. The topological polar surface area (TPSA) is 54.6 Å². The van der Waals surface area contributed by atoms with Gasteiger partial charge in [0.15, 0.2) is 0 Å². The van der Waals surface area contributed by atoms with Crippen molar-refractivity contribution in [2.75, 3.05) is 18.5 Å². The fraction of sp³-hybridized carbons (Fsp3) is 0.333. The van der Waals surface area contributed by atoms with Crippen LogP contribution in [0.15, 0.2) is 41.0 Å². The first kappa shape index (κ1) is 14.9. The molecule has 0 saturated heterocycles. The van der Waals surface area contributed by atoms with Crippen LogP contribution >= 0.6 is 11.6 Å². The normalized spacial score (nSPS) is 12.3. The van der Waals surface area contributed by atoms with E-state index >= 15 is 0 Å². The minimum absolute atomic E-state index is 0.233. The van der Waals surface area contributed by atoms with Crippen LogP contribution in [0.25, 0.3) is 0 Å². The van der Waals surface area contributed by atoms with Gasteiger partial charge in [0.2, 0.25) is 0 Å². The molecular weight excluding hydrogens is 278 g/mol. The van der Waals surface area contributed by atoms with E-state index in [-0.39, 0.29) is 6.61 Å². The van der Waals surface area contributed by atoms with E-state index in [0.717, 1.165) is 17.0 Å². The Balaban J connectivity index is 1.73. The number of benzene rings is 1. The maximum atomic E-state index is 9.86. The number of rotatable bonds is 7. The zero-order valence-corrected chi connectivity index (χ0v) is 12.1. The van der Waals surface area contributed by atoms with Crippen molar-refractivity contribution in [1.82, 2.24) is 0 Å². The quantitative estimate of drug-likeness (QED) is 0.823. The van der Waals surface area contributed by atoms with Gasteiger partial charge in [0, 0.05) is 6.54 Å². The van der Waals surface area contributed by atoms with E-state index in [9.17, 15) is 5.11 Å². The van der Waals surface area contributed by atoms with E-state index < -0.39 is 6.10 Å². The third kappa shape index (κ3) is 4.27. The van der Waals surface area contributed by atoms with Gasteiger partial charge in [-0.25, -0.2) is 0 Å². The molecule has 0 aliphatic carbocycles. The molecule has 2 N–H and O–H groups in total. The molecule has 0 bridgehead atoms. The highest BCUT2D eigenvalue weighted by atomic mass is 35.5. The molecule has 1 aromatic carbocycles. The Kier molecular flexibility index (Phi) is 5.47. The molecule has 5 heteroatoms. The van der Waals surface area contributed by atoms with Crippen molar-refractivity contribution in [2.45, 2.75) is 19.6 Å². The van der Waals surface area contributed by atoms with Crippen LogP contribution in [0.1, 0.15) is 11.3 Å². The average molecular weight is 296 g/mol. The maximum Gasteiger partial charge on any atom is 0.129 e. The fourth-order valence-corrected chi connectivity index (χ4v) is 2.11. The molecule has 1 unspecified atom stereocenters. The number of anilines is 1. The Labute approximate surface area is 123 Å². The molecule has 2 aromatic rings. The summed E-state index contributed by atoms with van der Waals surface area (Å²) in [5.41, 5.74) is 1.89. The lowest BCUT2D eigenvalue weighted by molar-refractivity contribution is 0.0282. The highest BCUT2D eigenvalue weighted by molar-refractivity contribution is 6.33. The second kappa shape index (κ2) is 7.33. The number of nitrogens with one attached hydrogen (secondary N) is 1. The van der Waals surface area contributed by atoms with E-state index in [2.05, 4.69) is 5.32 Å². The number of furan rings is 1. The molecule has 0 saturated carbocycles. The van der Waals surface area contributed by atoms with Gasteiger partial charge in [-0.3, -0.25) is 0 Å². The van der Waals surface area contributed by atoms with Crippen LogP contribution in [0.2, 0.25) is 5.02 Å². The van der Waals surface area contributed by atoms with Gasteiger partial charge in [0.1, 0.15) is 12.4 Å². The molecule has 0 amide bonds. The molecule has 0 radical (unpaired) electrons. The third-order valence-electron chi connectivity index (χ3n) is 2.87. The summed E-state index contributed by atoms with van der Waals surface area (Å²) in [7, 11) is 0. The first-order valence-corrected chi connectivity index (χ1v) is 6.82. The van der Waals surface area contributed by atoms with Crippen molar-refractivity contribution in [3.05, 3.63) is 52.9 Å². The van der Waals surface area contributed by atoms with E-state index in [1.54, 1.807) is 12.3 Å². The molecule has 0 fully saturated rings. The molecule has 20 heavy (non-hydrogen) atoms. The minimum Gasteiger partial charge on any atom is -0.467 e. The second-order valence-electron chi connectivity index (χ2n) is 4.56. The molecule has 1 atom stereocenters. The van der Waals surface area contributed by atoms with Gasteiger partial charge in [0.25, 0.3) is 0 Å². The number of aliphatic hydroxyl groups excluding tert-OH is 1. The molecule has 1 aromatic heterocycles. The number of aryl methyl sites for hydroxylation is 1. The Morgan fingerprint density at radius 1 is 1.35 bits per heavy atom. The molecule has 0 spiro atoms. The minimum atomic E-state index is -0.611. The summed E-state index contributed by atoms with van der Waals surface area (Å²) in [6.07, 6.45) is 0.984. The van der Waals surface area contributed by atoms with Crippen LogP contribution in [-0.2, 0) is 11.3 Å². The van der Waals surface area contributed by atoms with E-state index in [1.807, 2.05) is 31.2 Å². The predicted molar refractivity (Wildman–Crippen MR) is 79.0 cm³/mol. The summed E-state index contributed by atoms with van der Waals surface area (Å²) in [5, 5.41) is 13.6. The summed E-state index contributed by atoms with van der Waals surface area (Å²) in [6, 6.07) is 9.31. The number of ether oxygens (including phenoxy) is 1. The molecule has 2 rings (SSSR count). The number of aliphatic hydroxyl groups is 1. The highest BCUT2D eigenvalue weighted by Crippen LogP contribution is 2.24. The van der Waals surface area contributed by atoms with Gasteiger partial charge < -0.3 is 19.6 Å². The molecule has 0 aliphatic heterocycles. The zero-order valence-electron chi connectivity index (χ0n) is 11.3. The average Bonchev–Trinajstić information content (AvgIpc) is 2.91. The van der Waals surface area contributed by atoms with Crippen LogP contribution < -0.4 is 5.32 Å². The number of hydrogen-bond donors (Lipinski definition) is 2. The van der Waals surface area contributed by atoms with Crippen LogP contribution in [-0.4, -0.2) is 24.4 Å². The lowest BCUT2D eigenvalue weighted by atomic mass is 10.2. The van der Waals surface area contributed by atoms with Crippen LogP contribution in [0.3, 0.4) is 0 Å². The van der Waals surface area contributed by atoms with E-state index in [4.69, 9.17) is 20.8 Å². The third-order valence-corrected chi connectivity index (χ3v) is 3.19. The molecule has 4 nitrogen and oxygen atoms in total. The molecule has 108 valence electrons. The van der Waals surface area contributed by atoms with Crippen molar-refractivity contribution < 1.29 is 14.3 Å². The molecule has 0 aliphatic rings. The van der Waals surface area contributed by atoms with Crippen LogP contribution in [0, 0.1) is 6.92 Å².